The van der Waals surface area contributed by atoms with Crippen molar-refractivity contribution in [3.05, 3.63) is 47.2 Å². The van der Waals surface area contributed by atoms with Gasteiger partial charge < -0.3 is 14.0 Å². The van der Waals surface area contributed by atoms with Crippen molar-refractivity contribution in [1.29, 1.82) is 0 Å². The van der Waals surface area contributed by atoms with Gasteiger partial charge in [-0.25, -0.2) is 4.79 Å². The van der Waals surface area contributed by atoms with Crippen molar-refractivity contribution < 1.29 is 19.1 Å². The molecular weight excluding hydrogens is 356 g/mol. The Morgan fingerprint density at radius 1 is 1.18 bits per heavy atom. The number of methoxy groups -OCH3 is 2. The Hall–Kier alpha value is -2.60. The van der Waals surface area contributed by atoms with Crippen LogP contribution >= 0.6 is 0 Å². The minimum Gasteiger partial charge on any atom is -0.468 e. The first kappa shape index (κ1) is 17.5. The summed E-state index contributed by atoms with van der Waals surface area (Å²) in [7, 11) is 4.86. The number of fused-ring (bicyclic) bond motifs is 3. The summed E-state index contributed by atoms with van der Waals surface area (Å²) in [6.07, 6.45) is 3.51. The number of nitrogens with zero attached hydrogens (tertiary/aromatic N) is 2. The van der Waals surface area contributed by atoms with Crippen molar-refractivity contribution in [1.82, 2.24) is 9.47 Å². The van der Waals surface area contributed by atoms with E-state index in [2.05, 4.69) is 21.6 Å². The Bertz CT molecular complexity index is 1040. The van der Waals surface area contributed by atoms with Crippen LogP contribution in [0.25, 0.3) is 10.9 Å². The SMILES string of the molecule is COC(=O)C1=C[C@@H]2CN3CCc4c(n(C)c5ccccc45)[C@@](C(=O)OC)(C2)[C@@H]13. The lowest BCUT2D eigenvalue weighted by atomic mass is 9.61. The highest BCUT2D eigenvalue weighted by atomic mass is 16.5. The molecule has 3 aliphatic heterocycles. The van der Waals surface area contributed by atoms with Crippen LogP contribution in [0.3, 0.4) is 0 Å². The van der Waals surface area contributed by atoms with Crippen LogP contribution in [0.5, 0.6) is 0 Å². The van der Waals surface area contributed by atoms with Crippen LogP contribution in [0, 0.1) is 5.92 Å². The van der Waals surface area contributed by atoms with Crippen LogP contribution in [0.2, 0.25) is 0 Å². The molecule has 0 spiro atoms. The molecular formula is C22H24N2O4. The summed E-state index contributed by atoms with van der Waals surface area (Å²) < 4.78 is 12.6. The molecule has 6 rings (SSSR count). The Labute approximate surface area is 163 Å². The second-order valence-electron chi connectivity index (χ2n) is 8.09. The van der Waals surface area contributed by atoms with E-state index in [1.165, 1.54) is 25.2 Å². The highest BCUT2D eigenvalue weighted by molar-refractivity contribution is 5.97. The molecule has 0 amide bonds. The second-order valence-corrected chi connectivity index (χ2v) is 8.09. The largest absolute Gasteiger partial charge is 0.468 e. The van der Waals surface area contributed by atoms with Crippen LogP contribution in [0.15, 0.2) is 35.9 Å². The lowest BCUT2D eigenvalue weighted by Gasteiger charge is -2.53. The first-order valence-corrected chi connectivity index (χ1v) is 9.72. The molecule has 28 heavy (non-hydrogen) atoms. The quantitative estimate of drug-likeness (QED) is 0.746. The van der Waals surface area contributed by atoms with Gasteiger partial charge in [0.05, 0.1) is 25.8 Å². The van der Waals surface area contributed by atoms with Gasteiger partial charge in [0.1, 0.15) is 5.41 Å². The summed E-state index contributed by atoms with van der Waals surface area (Å²) in [6.45, 7) is 1.66. The predicted molar refractivity (Wildman–Crippen MR) is 104 cm³/mol. The summed E-state index contributed by atoms with van der Waals surface area (Å²) in [4.78, 5) is 28.4. The highest BCUT2D eigenvalue weighted by Crippen LogP contribution is 2.53. The molecule has 4 atom stereocenters. The molecule has 4 bridgehead atoms. The lowest BCUT2D eigenvalue weighted by Crippen LogP contribution is -2.65. The zero-order valence-electron chi connectivity index (χ0n) is 16.4. The number of benzene rings is 1. The van der Waals surface area contributed by atoms with Gasteiger partial charge in [0, 0.05) is 36.7 Å². The van der Waals surface area contributed by atoms with Crippen LogP contribution in [-0.2, 0) is 37.9 Å². The average molecular weight is 380 g/mol. The summed E-state index contributed by atoms with van der Waals surface area (Å²) in [5, 5.41) is 1.18. The van der Waals surface area contributed by atoms with E-state index in [-0.39, 0.29) is 23.9 Å². The zero-order chi connectivity index (χ0) is 19.6. The molecule has 1 fully saturated rings. The van der Waals surface area contributed by atoms with E-state index in [4.69, 9.17) is 9.47 Å². The molecule has 1 aliphatic carbocycles. The monoisotopic (exact) mass is 380 g/mol. The Balaban J connectivity index is 1.86. The summed E-state index contributed by atoms with van der Waals surface area (Å²) in [5.41, 5.74) is 2.98. The van der Waals surface area contributed by atoms with Gasteiger partial charge in [-0.3, -0.25) is 9.69 Å². The molecule has 4 heterocycles. The van der Waals surface area contributed by atoms with E-state index in [0.717, 1.165) is 30.7 Å². The van der Waals surface area contributed by atoms with E-state index >= 15 is 0 Å². The molecule has 1 aromatic carbocycles. The van der Waals surface area contributed by atoms with E-state index in [0.29, 0.717) is 12.0 Å². The van der Waals surface area contributed by atoms with Gasteiger partial charge in [0.2, 0.25) is 0 Å². The number of aryl methyl sites for hydroxylation is 1. The molecule has 0 saturated carbocycles. The molecule has 0 N–H and O–H groups in total. The predicted octanol–water partition coefficient (Wildman–Crippen LogP) is 1.95. The average Bonchev–Trinajstić information content (AvgIpc) is 2.96. The van der Waals surface area contributed by atoms with Crippen molar-refractivity contribution >= 4 is 22.8 Å². The normalized spacial score (nSPS) is 30.4. The van der Waals surface area contributed by atoms with E-state index in [1.807, 2.05) is 25.3 Å². The third kappa shape index (κ3) is 2.01. The number of rotatable bonds is 2. The number of para-hydroxylation sites is 1. The van der Waals surface area contributed by atoms with Gasteiger partial charge in [-0.15, -0.1) is 0 Å². The topological polar surface area (TPSA) is 60.8 Å². The minimum atomic E-state index is -0.907. The van der Waals surface area contributed by atoms with Gasteiger partial charge in [0.15, 0.2) is 0 Å². The number of hydrogen-bond donors (Lipinski definition) is 0. The summed E-state index contributed by atoms with van der Waals surface area (Å²) in [5.74, 6) is -0.507. The number of aromatic nitrogens is 1. The Morgan fingerprint density at radius 3 is 2.71 bits per heavy atom. The minimum absolute atomic E-state index is 0.113. The molecule has 1 unspecified atom stereocenters. The van der Waals surface area contributed by atoms with Crippen LogP contribution in [0.1, 0.15) is 17.7 Å². The maximum absolute atomic E-state index is 13.4. The maximum Gasteiger partial charge on any atom is 0.335 e. The van der Waals surface area contributed by atoms with Crippen LogP contribution in [-0.4, -0.2) is 54.8 Å². The van der Waals surface area contributed by atoms with Crippen LogP contribution < -0.4 is 0 Å². The molecule has 1 saturated heterocycles. The second kappa shape index (κ2) is 5.95. The van der Waals surface area contributed by atoms with Crippen LogP contribution in [0.4, 0.5) is 0 Å². The molecule has 6 heteroatoms. The van der Waals surface area contributed by atoms with Crippen molar-refractivity contribution in [3.63, 3.8) is 0 Å². The van der Waals surface area contributed by atoms with Gasteiger partial charge in [-0.05, 0) is 30.4 Å². The first-order chi connectivity index (χ1) is 13.5. The molecule has 6 nitrogen and oxygen atoms in total. The van der Waals surface area contributed by atoms with E-state index in [9.17, 15) is 9.59 Å². The molecule has 1 aromatic heterocycles. The fourth-order valence-corrected chi connectivity index (χ4v) is 5.99. The molecule has 4 aliphatic rings. The smallest absolute Gasteiger partial charge is 0.335 e. The van der Waals surface area contributed by atoms with E-state index < -0.39 is 5.41 Å². The van der Waals surface area contributed by atoms with Crippen molar-refractivity contribution in [3.8, 4) is 0 Å². The number of ether oxygens (including phenoxy) is 2. The Morgan fingerprint density at radius 2 is 1.96 bits per heavy atom. The summed E-state index contributed by atoms with van der Waals surface area (Å²) >= 11 is 0. The standard InChI is InChI=1S/C22H24N2O4/c1-23-17-7-5-4-6-14(17)15-8-9-24-12-13-10-16(20(25)27-2)19(24)22(11-13,18(15)23)21(26)28-3/h4-7,10,13,19H,8-9,11-12H2,1-3H3/t13-,19+,22-/m0/s1. The third-order valence-electron chi connectivity index (χ3n) is 6.85. The lowest BCUT2D eigenvalue weighted by molar-refractivity contribution is -0.155. The number of hydrogen-bond acceptors (Lipinski definition) is 5. The fourth-order valence-electron chi connectivity index (χ4n) is 5.99. The van der Waals surface area contributed by atoms with Gasteiger partial charge in [0.25, 0.3) is 0 Å². The summed E-state index contributed by atoms with van der Waals surface area (Å²) in [6, 6.07) is 7.91. The Kier molecular flexibility index (Phi) is 3.72. The van der Waals surface area contributed by atoms with Crippen molar-refractivity contribution in [2.75, 3.05) is 27.3 Å². The van der Waals surface area contributed by atoms with Gasteiger partial charge in [-0.1, -0.05) is 24.3 Å². The zero-order valence-corrected chi connectivity index (χ0v) is 16.4. The number of carbonyl (C=O) groups excluding carboxylic acids is 2. The van der Waals surface area contributed by atoms with Crippen molar-refractivity contribution in [2.45, 2.75) is 24.3 Å². The number of esters is 2. The van der Waals surface area contributed by atoms with Crippen molar-refractivity contribution in [2.24, 2.45) is 13.0 Å². The number of carbonyl (C=O) groups is 2. The number of piperidine rings is 1. The van der Waals surface area contributed by atoms with Gasteiger partial charge >= 0.3 is 11.9 Å². The molecule has 0 radical (unpaired) electrons. The van der Waals surface area contributed by atoms with Gasteiger partial charge in [-0.2, -0.15) is 0 Å². The highest BCUT2D eigenvalue weighted by Gasteiger charge is 2.62. The molecule has 146 valence electrons. The molecule has 2 aromatic rings. The fraction of sp³-hybridized carbons (Fsp3) is 0.455. The third-order valence-corrected chi connectivity index (χ3v) is 6.85. The van der Waals surface area contributed by atoms with E-state index in [1.54, 1.807) is 0 Å². The maximum atomic E-state index is 13.4. The first-order valence-electron chi connectivity index (χ1n) is 9.72.